The minimum Gasteiger partial charge on any atom is -0.435 e. The number of hydrogen-bond donors (Lipinski definition) is 1. The number of nitrogens with zero attached hydrogens (tertiary/aromatic N) is 3. The Hall–Kier alpha value is -2.24. The van der Waals surface area contributed by atoms with Gasteiger partial charge in [0.25, 0.3) is 0 Å². The van der Waals surface area contributed by atoms with Crippen LogP contribution in [0.5, 0.6) is 11.6 Å². The third-order valence-corrected chi connectivity index (χ3v) is 3.26. The van der Waals surface area contributed by atoms with Gasteiger partial charge in [-0.2, -0.15) is 0 Å². The molecule has 6 heteroatoms. The molecule has 2 heterocycles. The molecule has 5 nitrogen and oxygen atoms in total. The van der Waals surface area contributed by atoms with Crippen molar-refractivity contribution in [2.75, 3.05) is 7.05 Å². The molecule has 0 aliphatic carbocycles. The van der Waals surface area contributed by atoms with E-state index in [1.165, 1.54) is 0 Å². The number of rotatable bonds is 4. The van der Waals surface area contributed by atoms with E-state index >= 15 is 0 Å². The van der Waals surface area contributed by atoms with Crippen LogP contribution in [0.25, 0.3) is 10.9 Å². The van der Waals surface area contributed by atoms with Gasteiger partial charge in [-0.3, -0.25) is 9.97 Å². The zero-order valence-electron chi connectivity index (χ0n) is 11.4. The van der Waals surface area contributed by atoms with Gasteiger partial charge >= 0.3 is 0 Å². The van der Waals surface area contributed by atoms with Crippen molar-refractivity contribution >= 4 is 22.5 Å². The molecule has 0 bridgehead atoms. The first-order chi connectivity index (χ1) is 10.3. The minimum absolute atomic E-state index is 0.420. The Bertz CT molecular complexity index is 761. The summed E-state index contributed by atoms with van der Waals surface area (Å²) in [4.78, 5) is 12.8. The first-order valence-corrected chi connectivity index (χ1v) is 6.82. The van der Waals surface area contributed by atoms with Gasteiger partial charge in [-0.15, -0.1) is 0 Å². The largest absolute Gasteiger partial charge is 0.435 e. The Morgan fingerprint density at radius 1 is 1.14 bits per heavy atom. The summed E-state index contributed by atoms with van der Waals surface area (Å²) in [6, 6.07) is 7.30. The van der Waals surface area contributed by atoms with Gasteiger partial charge in [0.15, 0.2) is 5.75 Å². The quantitative estimate of drug-likeness (QED) is 0.802. The van der Waals surface area contributed by atoms with Gasteiger partial charge in [-0.1, -0.05) is 11.6 Å². The van der Waals surface area contributed by atoms with Gasteiger partial charge in [-0.05, 0) is 31.3 Å². The zero-order chi connectivity index (χ0) is 14.7. The van der Waals surface area contributed by atoms with Crippen molar-refractivity contribution in [2.45, 2.75) is 6.54 Å². The highest BCUT2D eigenvalue weighted by atomic mass is 35.5. The smallest absolute Gasteiger partial charge is 0.237 e. The van der Waals surface area contributed by atoms with Crippen LogP contribution in [0.1, 0.15) is 5.69 Å². The van der Waals surface area contributed by atoms with E-state index in [-0.39, 0.29) is 0 Å². The fourth-order valence-electron chi connectivity index (χ4n) is 1.97. The fourth-order valence-corrected chi connectivity index (χ4v) is 2.19. The highest BCUT2D eigenvalue weighted by Crippen LogP contribution is 2.31. The number of benzene rings is 1. The van der Waals surface area contributed by atoms with Gasteiger partial charge in [0.2, 0.25) is 5.88 Å². The lowest BCUT2D eigenvalue weighted by Crippen LogP contribution is -2.07. The summed E-state index contributed by atoms with van der Waals surface area (Å²) in [6.45, 7) is 0.665. The average Bonchev–Trinajstić information content (AvgIpc) is 2.52. The summed E-state index contributed by atoms with van der Waals surface area (Å²) < 4.78 is 5.76. The van der Waals surface area contributed by atoms with Crippen LogP contribution < -0.4 is 10.1 Å². The van der Waals surface area contributed by atoms with Gasteiger partial charge in [0.05, 0.1) is 23.1 Å². The Kier molecular flexibility index (Phi) is 3.94. The Balaban J connectivity index is 1.93. The van der Waals surface area contributed by atoms with E-state index in [1.54, 1.807) is 30.7 Å². The molecule has 106 valence electrons. The summed E-state index contributed by atoms with van der Waals surface area (Å²) in [7, 11) is 1.86. The Morgan fingerprint density at radius 3 is 2.81 bits per heavy atom. The predicted molar refractivity (Wildman–Crippen MR) is 81.6 cm³/mol. The van der Waals surface area contributed by atoms with Crippen LogP contribution in [-0.2, 0) is 6.54 Å². The van der Waals surface area contributed by atoms with E-state index in [0.717, 1.165) is 11.1 Å². The van der Waals surface area contributed by atoms with Crippen LogP contribution in [0, 0.1) is 0 Å². The molecule has 0 saturated carbocycles. The first-order valence-electron chi connectivity index (χ1n) is 6.44. The summed E-state index contributed by atoms with van der Waals surface area (Å²) in [5.74, 6) is 1.02. The number of fused-ring (bicyclic) bond motifs is 1. The summed E-state index contributed by atoms with van der Waals surface area (Å²) in [5.41, 5.74) is 1.55. The molecule has 0 unspecified atom stereocenters. The number of halogens is 1. The van der Waals surface area contributed by atoms with Crippen molar-refractivity contribution in [1.82, 2.24) is 20.3 Å². The molecule has 1 N–H and O–H groups in total. The van der Waals surface area contributed by atoms with Crippen LogP contribution >= 0.6 is 11.6 Å². The summed E-state index contributed by atoms with van der Waals surface area (Å²) >= 11 is 6.16. The third kappa shape index (κ3) is 2.94. The molecule has 2 aromatic heterocycles. The molecule has 0 atom stereocenters. The molecule has 0 spiro atoms. The van der Waals surface area contributed by atoms with E-state index in [0.29, 0.717) is 28.7 Å². The third-order valence-electron chi connectivity index (χ3n) is 2.93. The lowest BCUT2D eigenvalue weighted by molar-refractivity contribution is 0.463. The highest BCUT2D eigenvalue weighted by Gasteiger charge is 2.08. The number of pyridine rings is 1. The van der Waals surface area contributed by atoms with Gasteiger partial charge in [0, 0.05) is 18.1 Å². The first kappa shape index (κ1) is 13.7. The van der Waals surface area contributed by atoms with Crippen molar-refractivity contribution in [3.8, 4) is 11.6 Å². The minimum atomic E-state index is 0.420. The number of hydrogen-bond acceptors (Lipinski definition) is 5. The molecule has 0 saturated heterocycles. The van der Waals surface area contributed by atoms with Crippen LogP contribution in [0.2, 0.25) is 5.02 Å². The molecule has 1 aromatic carbocycles. The predicted octanol–water partition coefficient (Wildman–Crippen LogP) is 3.19. The molecular weight excluding hydrogens is 288 g/mol. The lowest BCUT2D eigenvalue weighted by Gasteiger charge is -2.08. The average molecular weight is 301 g/mol. The SMILES string of the molecule is CNCc1cnc(Oc2ccc(Cl)c3cccnc23)cn1. The topological polar surface area (TPSA) is 59.9 Å². The molecule has 0 radical (unpaired) electrons. The second kappa shape index (κ2) is 6.03. The maximum atomic E-state index is 6.16. The normalized spacial score (nSPS) is 10.8. The molecule has 3 rings (SSSR count). The van der Waals surface area contributed by atoms with E-state index < -0.39 is 0 Å². The van der Waals surface area contributed by atoms with Gasteiger partial charge in [0.1, 0.15) is 5.52 Å². The number of ether oxygens (including phenoxy) is 1. The van der Waals surface area contributed by atoms with Crippen LogP contribution in [-0.4, -0.2) is 22.0 Å². The van der Waals surface area contributed by atoms with E-state index in [1.807, 2.05) is 19.2 Å². The molecule has 21 heavy (non-hydrogen) atoms. The number of nitrogens with one attached hydrogen (secondary N) is 1. The molecule has 0 aliphatic heterocycles. The monoisotopic (exact) mass is 300 g/mol. The molecule has 0 fully saturated rings. The molecule has 0 aliphatic rings. The van der Waals surface area contributed by atoms with E-state index in [4.69, 9.17) is 16.3 Å². The number of aromatic nitrogens is 3. The van der Waals surface area contributed by atoms with Gasteiger partial charge < -0.3 is 10.1 Å². The van der Waals surface area contributed by atoms with Crippen molar-refractivity contribution in [1.29, 1.82) is 0 Å². The van der Waals surface area contributed by atoms with Gasteiger partial charge in [-0.25, -0.2) is 4.98 Å². The van der Waals surface area contributed by atoms with Crippen LogP contribution in [0.15, 0.2) is 42.9 Å². The van der Waals surface area contributed by atoms with Crippen molar-refractivity contribution in [2.24, 2.45) is 0 Å². The second-order valence-corrected chi connectivity index (χ2v) is 4.83. The Labute approximate surface area is 127 Å². The zero-order valence-corrected chi connectivity index (χ0v) is 12.1. The standard InChI is InChI=1S/C15H13ClN4O/c1-17-7-10-8-20-14(9-19-10)21-13-5-4-12(16)11-3-2-6-18-15(11)13/h2-6,8-9,17H,7H2,1H3. The molecule has 3 aromatic rings. The maximum Gasteiger partial charge on any atom is 0.237 e. The maximum absolute atomic E-state index is 6.16. The molecule has 0 amide bonds. The van der Waals surface area contributed by atoms with Crippen molar-refractivity contribution < 1.29 is 4.74 Å². The molecular formula is C15H13ClN4O. The Morgan fingerprint density at radius 2 is 2.05 bits per heavy atom. The van der Waals surface area contributed by atoms with Crippen LogP contribution in [0.3, 0.4) is 0 Å². The van der Waals surface area contributed by atoms with Crippen molar-refractivity contribution in [3.63, 3.8) is 0 Å². The summed E-state index contributed by atoms with van der Waals surface area (Å²) in [6.07, 6.45) is 4.97. The fraction of sp³-hybridized carbons (Fsp3) is 0.133. The van der Waals surface area contributed by atoms with E-state index in [2.05, 4.69) is 20.3 Å². The second-order valence-electron chi connectivity index (χ2n) is 4.42. The highest BCUT2D eigenvalue weighted by molar-refractivity contribution is 6.35. The van der Waals surface area contributed by atoms with Crippen LogP contribution in [0.4, 0.5) is 0 Å². The summed E-state index contributed by atoms with van der Waals surface area (Å²) in [5, 5.41) is 4.50. The lowest BCUT2D eigenvalue weighted by atomic mass is 10.2. The van der Waals surface area contributed by atoms with Crippen molar-refractivity contribution in [3.05, 3.63) is 53.6 Å². The van der Waals surface area contributed by atoms with E-state index in [9.17, 15) is 0 Å².